The van der Waals surface area contributed by atoms with Gasteiger partial charge in [-0.15, -0.1) is 0 Å². The van der Waals surface area contributed by atoms with Crippen molar-refractivity contribution in [1.29, 1.82) is 0 Å². The van der Waals surface area contributed by atoms with Crippen LogP contribution in [0.2, 0.25) is 0 Å². The van der Waals surface area contributed by atoms with Crippen LogP contribution in [0.1, 0.15) is 86.6 Å². The number of hydrogen-bond donors (Lipinski definition) is 2. The van der Waals surface area contributed by atoms with Crippen molar-refractivity contribution in [3.8, 4) is 11.1 Å². The van der Waals surface area contributed by atoms with E-state index < -0.39 is 18.5 Å². The molecule has 0 saturated heterocycles. The van der Waals surface area contributed by atoms with Crippen molar-refractivity contribution in [3.63, 3.8) is 0 Å². The minimum Gasteiger partial charge on any atom is -0.462 e. The van der Waals surface area contributed by atoms with Gasteiger partial charge in [-0.1, -0.05) is 83.0 Å². The van der Waals surface area contributed by atoms with Gasteiger partial charge in [-0.05, 0) is 90.8 Å². The van der Waals surface area contributed by atoms with Gasteiger partial charge in [0, 0.05) is 0 Å². The molecule has 0 heterocycles. The molecular weight excluding hydrogens is 528 g/mol. The van der Waals surface area contributed by atoms with Crippen molar-refractivity contribution in [3.05, 3.63) is 82.5 Å². The largest absolute Gasteiger partial charge is 0.462 e. The maximum Gasteiger partial charge on any atom is 0.335 e. The number of hydrogen-bond acceptors (Lipinski definition) is 6. The summed E-state index contributed by atoms with van der Waals surface area (Å²) in [5, 5.41) is 18.1. The minimum atomic E-state index is -0.546. The molecule has 0 atom stereocenters. The fourth-order valence-corrected chi connectivity index (χ4v) is 5.21. The van der Waals surface area contributed by atoms with Gasteiger partial charge in [0.25, 0.3) is 0 Å². The van der Waals surface area contributed by atoms with Crippen LogP contribution in [0.15, 0.2) is 54.6 Å². The highest BCUT2D eigenvalue weighted by molar-refractivity contribution is 5.88. The van der Waals surface area contributed by atoms with E-state index in [1.54, 1.807) is 0 Å². The molecule has 2 rings (SSSR count). The third-order valence-electron chi connectivity index (χ3n) is 7.67. The highest BCUT2D eigenvalue weighted by Gasteiger charge is 2.15. The second kappa shape index (κ2) is 19.1. The van der Waals surface area contributed by atoms with Crippen LogP contribution in [-0.4, -0.2) is 48.6 Å². The molecule has 42 heavy (non-hydrogen) atoms. The summed E-state index contributed by atoms with van der Waals surface area (Å²) < 4.78 is 10.5. The quantitative estimate of drug-likeness (QED) is 0.102. The topological polar surface area (TPSA) is 93.1 Å². The zero-order chi connectivity index (χ0) is 30.9. The van der Waals surface area contributed by atoms with Gasteiger partial charge in [0.05, 0.1) is 37.6 Å². The summed E-state index contributed by atoms with van der Waals surface area (Å²) >= 11 is 0. The molecular formula is C36H50O6. The summed E-state index contributed by atoms with van der Waals surface area (Å²) in [6, 6.07) is 11.1. The third kappa shape index (κ3) is 10.9. The molecule has 0 aliphatic carbocycles. The molecule has 0 spiro atoms. The Hall–Kier alpha value is -3.22. The van der Waals surface area contributed by atoms with E-state index in [4.69, 9.17) is 19.7 Å². The number of rotatable bonds is 20. The predicted molar refractivity (Wildman–Crippen MR) is 169 cm³/mol. The van der Waals surface area contributed by atoms with Crippen molar-refractivity contribution in [2.24, 2.45) is 0 Å². The van der Waals surface area contributed by atoms with Crippen LogP contribution < -0.4 is 0 Å². The molecule has 0 amide bonds. The standard InChI is InChI=1S/C36H50O6/c1-6-8-9-10-11-16-34-32(7-2)30(15-13-22-42-36(40)28(5)25-38)19-20-33(34)31-18-17-29(26(3)23-31)14-12-21-41-35(39)27(4)24-37/h17-20,23,37-38H,4-16,21-22,24-25H2,1-3H3. The number of aliphatic hydroxyl groups excluding tert-OH is 2. The summed E-state index contributed by atoms with van der Waals surface area (Å²) in [6.45, 7) is 13.4. The number of carbonyl (C=O) groups excluding carboxylic acids is 2. The smallest absolute Gasteiger partial charge is 0.335 e. The molecule has 230 valence electrons. The van der Waals surface area contributed by atoms with Crippen LogP contribution >= 0.6 is 0 Å². The van der Waals surface area contributed by atoms with Gasteiger partial charge in [-0.25, -0.2) is 9.59 Å². The summed E-state index contributed by atoms with van der Waals surface area (Å²) in [5.41, 5.74) is 9.18. The van der Waals surface area contributed by atoms with Crippen LogP contribution in [0.25, 0.3) is 11.1 Å². The van der Waals surface area contributed by atoms with E-state index in [9.17, 15) is 9.59 Å². The molecule has 0 unspecified atom stereocenters. The first-order valence-corrected chi connectivity index (χ1v) is 15.4. The predicted octanol–water partition coefficient (Wildman–Crippen LogP) is 6.79. The van der Waals surface area contributed by atoms with Crippen LogP contribution in [0.3, 0.4) is 0 Å². The molecule has 6 nitrogen and oxygen atoms in total. The van der Waals surface area contributed by atoms with Crippen LogP contribution in [-0.2, 0) is 44.7 Å². The lowest BCUT2D eigenvalue weighted by molar-refractivity contribution is -0.140. The molecule has 2 N–H and O–H groups in total. The van der Waals surface area contributed by atoms with Gasteiger partial charge in [0.2, 0.25) is 0 Å². The first-order chi connectivity index (χ1) is 20.3. The maximum absolute atomic E-state index is 11.8. The highest BCUT2D eigenvalue weighted by Crippen LogP contribution is 2.33. The lowest BCUT2D eigenvalue weighted by Gasteiger charge is -2.20. The molecule has 0 aliphatic heterocycles. The number of aliphatic hydroxyl groups is 2. The zero-order valence-electron chi connectivity index (χ0n) is 25.9. The molecule has 0 bridgehead atoms. The van der Waals surface area contributed by atoms with E-state index in [-0.39, 0.29) is 24.4 Å². The van der Waals surface area contributed by atoms with Gasteiger partial charge in [0.15, 0.2) is 0 Å². The van der Waals surface area contributed by atoms with Crippen molar-refractivity contribution in [2.45, 2.75) is 91.4 Å². The Balaban J connectivity index is 2.21. The van der Waals surface area contributed by atoms with E-state index in [1.165, 1.54) is 64.6 Å². The average molecular weight is 579 g/mol. The van der Waals surface area contributed by atoms with Crippen LogP contribution in [0, 0.1) is 6.92 Å². The maximum atomic E-state index is 11.8. The molecule has 6 heteroatoms. The molecule has 2 aromatic rings. The fraction of sp³-hybridized carbons (Fsp3) is 0.500. The van der Waals surface area contributed by atoms with E-state index in [0.717, 1.165) is 32.1 Å². The fourth-order valence-electron chi connectivity index (χ4n) is 5.21. The first-order valence-electron chi connectivity index (χ1n) is 15.4. The Morgan fingerprint density at radius 3 is 1.83 bits per heavy atom. The first kappa shape index (κ1) is 35.0. The average Bonchev–Trinajstić information content (AvgIpc) is 3.00. The lowest BCUT2D eigenvalue weighted by atomic mass is 9.85. The van der Waals surface area contributed by atoms with E-state index in [2.05, 4.69) is 64.3 Å². The van der Waals surface area contributed by atoms with Crippen LogP contribution in [0.5, 0.6) is 0 Å². The normalized spacial score (nSPS) is 10.9. The molecule has 0 aromatic heterocycles. The van der Waals surface area contributed by atoms with Gasteiger partial charge < -0.3 is 19.7 Å². The van der Waals surface area contributed by atoms with Gasteiger partial charge in [0.1, 0.15) is 0 Å². The Morgan fingerprint density at radius 2 is 1.29 bits per heavy atom. The molecule has 0 fully saturated rings. The Bertz CT molecular complexity index is 1200. The summed E-state index contributed by atoms with van der Waals surface area (Å²) in [6.07, 6.45) is 11.1. The second-order valence-corrected chi connectivity index (χ2v) is 10.9. The molecule has 0 saturated carbocycles. The van der Waals surface area contributed by atoms with Crippen molar-refractivity contribution < 1.29 is 29.3 Å². The Kier molecular flexibility index (Phi) is 15.9. The monoisotopic (exact) mass is 578 g/mol. The molecule has 0 radical (unpaired) electrons. The SMILES string of the molecule is C=C(CO)C(=O)OCCCc1ccc(-c2ccc(CCCOC(=O)C(=C)CO)c(CC)c2CCCCCCC)cc1C. The Labute approximate surface area is 252 Å². The number of esters is 2. The summed E-state index contributed by atoms with van der Waals surface area (Å²) in [7, 11) is 0. The third-order valence-corrected chi connectivity index (χ3v) is 7.67. The summed E-state index contributed by atoms with van der Waals surface area (Å²) in [5.74, 6) is -1.08. The van der Waals surface area contributed by atoms with E-state index in [1.807, 2.05) is 0 Å². The van der Waals surface area contributed by atoms with E-state index >= 15 is 0 Å². The van der Waals surface area contributed by atoms with Gasteiger partial charge >= 0.3 is 11.9 Å². The van der Waals surface area contributed by atoms with Crippen molar-refractivity contribution in [1.82, 2.24) is 0 Å². The molecule has 0 aliphatic rings. The second-order valence-electron chi connectivity index (χ2n) is 10.9. The Morgan fingerprint density at radius 1 is 0.714 bits per heavy atom. The number of benzene rings is 2. The van der Waals surface area contributed by atoms with E-state index in [0.29, 0.717) is 19.4 Å². The van der Waals surface area contributed by atoms with Crippen LogP contribution in [0.4, 0.5) is 0 Å². The molecule has 2 aromatic carbocycles. The van der Waals surface area contributed by atoms with Gasteiger partial charge in [-0.3, -0.25) is 0 Å². The summed E-state index contributed by atoms with van der Waals surface area (Å²) in [4.78, 5) is 23.5. The van der Waals surface area contributed by atoms with Gasteiger partial charge in [-0.2, -0.15) is 0 Å². The number of unbranched alkanes of at least 4 members (excludes halogenated alkanes) is 4. The minimum absolute atomic E-state index is 0.0712. The van der Waals surface area contributed by atoms with Crippen molar-refractivity contribution in [2.75, 3.05) is 26.4 Å². The number of aryl methyl sites for hydroxylation is 3. The lowest BCUT2D eigenvalue weighted by Crippen LogP contribution is -2.11. The highest BCUT2D eigenvalue weighted by atomic mass is 16.5. The number of ether oxygens (including phenoxy) is 2. The number of carbonyl (C=O) groups is 2. The van der Waals surface area contributed by atoms with Crippen molar-refractivity contribution >= 4 is 11.9 Å². The zero-order valence-corrected chi connectivity index (χ0v) is 25.9.